The summed E-state index contributed by atoms with van der Waals surface area (Å²) in [5.41, 5.74) is -1.79. The Morgan fingerprint density at radius 2 is 1.91 bits per heavy atom. The van der Waals surface area contributed by atoms with Crippen molar-refractivity contribution in [2.45, 2.75) is 62.1 Å². The number of nitrogens with zero attached hydrogens (tertiary/aromatic N) is 4. The summed E-state index contributed by atoms with van der Waals surface area (Å²) in [6.07, 6.45) is -1.69. The number of anilines is 1. The second kappa shape index (κ2) is 8.37. The first-order chi connectivity index (χ1) is 16.6. The third-order valence-corrected chi connectivity index (χ3v) is 8.66. The number of alkyl halides is 4. The average Bonchev–Trinajstić information content (AvgIpc) is 3.44. The minimum Gasteiger partial charge on any atom is -0.461 e. The number of fused-ring (bicyclic) bond motifs is 4. The first-order valence-electron chi connectivity index (χ1n) is 11.9. The molecule has 0 radical (unpaired) electrons. The van der Waals surface area contributed by atoms with Crippen LogP contribution in [0.5, 0.6) is 6.01 Å². The monoisotopic (exact) mass is 561 g/mol. The molecule has 1 aromatic heterocycles. The van der Waals surface area contributed by atoms with Crippen LogP contribution < -0.4 is 15.0 Å². The molecular weight excluding hydrogens is 537 g/mol. The van der Waals surface area contributed by atoms with Crippen LogP contribution in [0.4, 0.5) is 27.8 Å². The molecule has 1 aromatic carbocycles. The normalized spacial score (nSPS) is 30.9. The van der Waals surface area contributed by atoms with E-state index >= 15 is 4.39 Å². The van der Waals surface area contributed by atoms with Crippen LogP contribution in [0.15, 0.2) is 10.5 Å². The SMILES string of the molecule is Fc1c(Br)c(C(F)(F)F)cc2c(N3CC4CCC(C3)N4)nc(OC[C@@]34CCCN3C[C@H](F)C4)nc12. The molecule has 1 N–H and O–H groups in total. The summed E-state index contributed by atoms with van der Waals surface area (Å²) >= 11 is 2.78. The lowest BCUT2D eigenvalue weighted by Crippen LogP contribution is -2.51. The molecule has 0 saturated carbocycles. The first-order valence-corrected chi connectivity index (χ1v) is 12.7. The quantitative estimate of drug-likeness (QED) is 0.557. The summed E-state index contributed by atoms with van der Waals surface area (Å²) in [5, 5.41) is 3.48. The molecule has 5 heterocycles. The lowest BCUT2D eigenvalue weighted by Gasteiger charge is -2.35. The van der Waals surface area contributed by atoms with E-state index in [9.17, 15) is 17.6 Å². The Kier molecular flexibility index (Phi) is 5.65. The molecule has 2 aromatic rings. The zero-order valence-electron chi connectivity index (χ0n) is 18.8. The largest absolute Gasteiger partial charge is 0.461 e. The van der Waals surface area contributed by atoms with Crippen molar-refractivity contribution in [1.82, 2.24) is 20.2 Å². The van der Waals surface area contributed by atoms with Gasteiger partial charge in [0.25, 0.3) is 0 Å². The third-order valence-electron chi connectivity index (χ3n) is 7.88. The van der Waals surface area contributed by atoms with Crippen molar-refractivity contribution in [3.63, 3.8) is 0 Å². The van der Waals surface area contributed by atoms with Crippen LogP contribution in [-0.4, -0.2) is 71.4 Å². The molecule has 2 bridgehead atoms. The maximum absolute atomic E-state index is 15.3. The molecule has 35 heavy (non-hydrogen) atoms. The number of nitrogens with one attached hydrogen (secondary N) is 1. The van der Waals surface area contributed by atoms with Crippen molar-refractivity contribution in [2.75, 3.05) is 37.7 Å². The number of halogens is 6. The summed E-state index contributed by atoms with van der Waals surface area (Å²) < 4.78 is 75.8. The lowest BCUT2D eigenvalue weighted by molar-refractivity contribution is -0.138. The van der Waals surface area contributed by atoms with Gasteiger partial charge >= 0.3 is 12.2 Å². The molecule has 4 atom stereocenters. The highest BCUT2D eigenvalue weighted by Gasteiger charge is 2.49. The summed E-state index contributed by atoms with van der Waals surface area (Å²) in [6, 6.07) is 1.19. The fourth-order valence-corrected chi connectivity index (χ4v) is 6.82. The maximum Gasteiger partial charge on any atom is 0.417 e. The Hall–Kier alpha value is -1.79. The van der Waals surface area contributed by atoms with Crippen molar-refractivity contribution in [3.8, 4) is 6.01 Å². The minimum absolute atomic E-state index is 0.00276. The molecule has 190 valence electrons. The average molecular weight is 562 g/mol. The van der Waals surface area contributed by atoms with Crippen LogP contribution in [0, 0.1) is 5.82 Å². The summed E-state index contributed by atoms with van der Waals surface area (Å²) in [6.45, 7) is 2.39. The molecule has 6 nitrogen and oxygen atoms in total. The highest BCUT2D eigenvalue weighted by Crippen LogP contribution is 2.43. The lowest BCUT2D eigenvalue weighted by atomic mass is 9.95. The molecule has 0 spiro atoms. The Morgan fingerprint density at radius 1 is 1.17 bits per heavy atom. The summed E-state index contributed by atoms with van der Waals surface area (Å²) in [7, 11) is 0. The van der Waals surface area contributed by atoms with Crippen molar-refractivity contribution in [2.24, 2.45) is 0 Å². The number of hydrogen-bond donors (Lipinski definition) is 1. The molecule has 4 aliphatic heterocycles. The zero-order chi connectivity index (χ0) is 24.5. The summed E-state index contributed by atoms with van der Waals surface area (Å²) in [4.78, 5) is 12.7. The van der Waals surface area contributed by atoms with E-state index in [0.717, 1.165) is 38.3 Å². The van der Waals surface area contributed by atoms with Gasteiger partial charge in [-0.1, -0.05) is 0 Å². The molecule has 2 unspecified atom stereocenters. The molecule has 4 fully saturated rings. The van der Waals surface area contributed by atoms with Gasteiger partial charge in [0.15, 0.2) is 5.82 Å². The molecule has 12 heteroatoms. The van der Waals surface area contributed by atoms with E-state index in [0.29, 0.717) is 26.1 Å². The van der Waals surface area contributed by atoms with Gasteiger partial charge in [0, 0.05) is 43.5 Å². The topological polar surface area (TPSA) is 53.5 Å². The van der Waals surface area contributed by atoms with Crippen LogP contribution in [0.25, 0.3) is 10.9 Å². The number of rotatable bonds is 4. The van der Waals surface area contributed by atoms with Gasteiger partial charge < -0.3 is 15.0 Å². The fraction of sp³-hybridized carbons (Fsp3) is 0.652. The van der Waals surface area contributed by atoms with Gasteiger partial charge in [-0.05, 0) is 54.2 Å². The number of hydrogen-bond acceptors (Lipinski definition) is 6. The predicted molar refractivity (Wildman–Crippen MR) is 123 cm³/mol. The van der Waals surface area contributed by atoms with Crippen molar-refractivity contribution in [1.29, 1.82) is 0 Å². The Bertz CT molecular complexity index is 1150. The smallest absolute Gasteiger partial charge is 0.417 e. The van der Waals surface area contributed by atoms with Crippen molar-refractivity contribution >= 4 is 32.7 Å². The molecule has 4 saturated heterocycles. The highest BCUT2D eigenvalue weighted by atomic mass is 79.9. The van der Waals surface area contributed by atoms with E-state index in [1.807, 2.05) is 4.90 Å². The molecule has 0 amide bonds. The molecular formula is C23H25BrF5N5O. The van der Waals surface area contributed by atoms with Crippen LogP contribution in [0.3, 0.4) is 0 Å². The number of ether oxygens (including phenoxy) is 1. The van der Waals surface area contributed by atoms with Crippen molar-refractivity contribution < 1.29 is 26.7 Å². The van der Waals surface area contributed by atoms with E-state index < -0.39 is 33.7 Å². The second-order valence-electron chi connectivity index (χ2n) is 10.2. The van der Waals surface area contributed by atoms with Crippen LogP contribution in [0.1, 0.15) is 37.7 Å². The minimum atomic E-state index is -4.75. The molecule has 4 aliphatic rings. The van der Waals surface area contributed by atoms with Gasteiger partial charge in [0.1, 0.15) is 24.1 Å². The van der Waals surface area contributed by atoms with Crippen LogP contribution in [0.2, 0.25) is 0 Å². The van der Waals surface area contributed by atoms with Gasteiger partial charge in [-0.15, -0.1) is 0 Å². The predicted octanol–water partition coefficient (Wildman–Crippen LogP) is 4.45. The van der Waals surface area contributed by atoms with E-state index in [-0.39, 0.29) is 41.4 Å². The zero-order valence-corrected chi connectivity index (χ0v) is 20.4. The van der Waals surface area contributed by atoms with Gasteiger partial charge in [-0.25, -0.2) is 8.78 Å². The van der Waals surface area contributed by atoms with Crippen LogP contribution >= 0.6 is 15.9 Å². The fourth-order valence-electron chi connectivity index (χ4n) is 6.30. The van der Waals surface area contributed by atoms with E-state index in [2.05, 4.69) is 36.1 Å². The third kappa shape index (κ3) is 4.05. The summed E-state index contributed by atoms with van der Waals surface area (Å²) in [5.74, 6) is -0.873. The Balaban J connectivity index is 1.42. The van der Waals surface area contributed by atoms with Gasteiger partial charge in [-0.2, -0.15) is 23.1 Å². The highest BCUT2D eigenvalue weighted by molar-refractivity contribution is 9.10. The van der Waals surface area contributed by atoms with E-state index in [1.54, 1.807) is 0 Å². The molecule has 0 aliphatic carbocycles. The van der Waals surface area contributed by atoms with E-state index in [1.165, 1.54) is 0 Å². The number of piperazine rings is 1. The van der Waals surface area contributed by atoms with Crippen molar-refractivity contribution in [3.05, 3.63) is 21.9 Å². The maximum atomic E-state index is 15.3. The molecule has 6 rings (SSSR count). The Labute approximate surface area is 207 Å². The van der Waals surface area contributed by atoms with Crippen LogP contribution in [-0.2, 0) is 6.18 Å². The number of benzene rings is 1. The first kappa shape index (κ1) is 23.6. The van der Waals surface area contributed by atoms with E-state index in [4.69, 9.17) is 4.74 Å². The second-order valence-corrected chi connectivity index (χ2v) is 11.0. The number of aromatic nitrogens is 2. The van der Waals surface area contributed by atoms with Gasteiger partial charge in [0.2, 0.25) is 0 Å². The van der Waals surface area contributed by atoms with Gasteiger partial charge in [0.05, 0.1) is 15.6 Å². The Morgan fingerprint density at radius 3 is 2.63 bits per heavy atom. The van der Waals surface area contributed by atoms with Gasteiger partial charge in [-0.3, -0.25) is 4.90 Å². The standard InChI is InChI=1S/C23H25BrF5N5O/c24-17-16(23(27,28)29)6-15-19(18(17)26)31-21(32-20(15)33-9-13-2-3-14(10-33)30-13)35-11-22-4-1-5-34(22)8-12(25)7-22/h6,12-14,30H,1-5,7-11H2/t12-,13?,14?,22+/m1/s1.